The highest BCUT2D eigenvalue weighted by molar-refractivity contribution is 5.84. The molecule has 3 rings (SSSR count). The van der Waals surface area contributed by atoms with Crippen molar-refractivity contribution in [3.05, 3.63) is 46.9 Å². The van der Waals surface area contributed by atoms with Crippen LogP contribution in [0.1, 0.15) is 48.3 Å². The summed E-state index contributed by atoms with van der Waals surface area (Å²) in [6, 6.07) is 5.94. The number of alkyl halides is 1. The van der Waals surface area contributed by atoms with Gasteiger partial charge in [-0.25, -0.2) is 9.37 Å². The number of hydrogen-bond acceptors (Lipinski definition) is 3. The molecule has 3 aromatic rings. The Morgan fingerprint density at radius 3 is 2.44 bits per heavy atom. The zero-order valence-corrected chi connectivity index (χ0v) is 17.0. The first-order valence-electron chi connectivity index (χ1n) is 9.39. The van der Waals surface area contributed by atoms with Crippen molar-refractivity contribution >= 4 is 11.0 Å². The highest BCUT2D eigenvalue weighted by Gasteiger charge is 2.19. The summed E-state index contributed by atoms with van der Waals surface area (Å²) in [5.41, 5.74) is 7.98. The molecule has 0 saturated carbocycles. The second-order valence-corrected chi connectivity index (χ2v) is 7.53. The summed E-state index contributed by atoms with van der Waals surface area (Å²) in [6.07, 6.45) is 1.97. The molecule has 0 radical (unpaired) electrons. The number of ether oxygens (including phenoxy) is 1. The largest absolute Gasteiger partial charge is 0.382 e. The number of methoxy groups -OCH3 is 1. The predicted octanol–water partition coefficient (Wildman–Crippen LogP) is 5.30. The van der Waals surface area contributed by atoms with Crippen LogP contribution in [0.2, 0.25) is 0 Å². The fourth-order valence-corrected chi connectivity index (χ4v) is 3.54. The molecule has 0 amide bonds. The topological polar surface area (TPSA) is 39.9 Å². The fourth-order valence-electron chi connectivity index (χ4n) is 3.54. The van der Waals surface area contributed by atoms with Crippen LogP contribution < -0.4 is 0 Å². The molecule has 0 aliphatic heterocycles. The second-order valence-electron chi connectivity index (χ2n) is 7.53. The summed E-state index contributed by atoms with van der Waals surface area (Å²) in [4.78, 5) is 9.71. The highest BCUT2D eigenvalue weighted by atomic mass is 19.1. The first kappa shape index (κ1) is 19.5. The molecule has 3 aromatic heterocycles. The van der Waals surface area contributed by atoms with Gasteiger partial charge in [0, 0.05) is 30.3 Å². The van der Waals surface area contributed by atoms with Gasteiger partial charge in [-0.15, -0.1) is 0 Å². The first-order chi connectivity index (χ1) is 12.9. The summed E-state index contributed by atoms with van der Waals surface area (Å²) in [5.74, 6) is 0.393. The van der Waals surface area contributed by atoms with Gasteiger partial charge in [-0.3, -0.25) is 4.98 Å². The summed E-state index contributed by atoms with van der Waals surface area (Å²) in [5, 5.41) is 0. The number of aromatic nitrogens is 3. The van der Waals surface area contributed by atoms with Gasteiger partial charge < -0.3 is 9.30 Å². The van der Waals surface area contributed by atoms with E-state index in [0.29, 0.717) is 12.5 Å². The smallest absolute Gasteiger partial charge is 0.112 e. The highest BCUT2D eigenvalue weighted by Crippen LogP contribution is 2.31. The van der Waals surface area contributed by atoms with Crippen LogP contribution >= 0.6 is 0 Å². The molecule has 0 spiro atoms. The molecule has 5 heteroatoms. The Kier molecular flexibility index (Phi) is 5.61. The van der Waals surface area contributed by atoms with Crippen LogP contribution in [-0.2, 0) is 4.74 Å². The minimum Gasteiger partial charge on any atom is -0.382 e. The zero-order chi connectivity index (χ0) is 19.7. The number of fused-ring (bicyclic) bond motifs is 1. The molecule has 1 unspecified atom stereocenters. The summed E-state index contributed by atoms with van der Waals surface area (Å²) < 4.78 is 20.7. The van der Waals surface area contributed by atoms with Gasteiger partial charge in [0.25, 0.3) is 0 Å². The van der Waals surface area contributed by atoms with Gasteiger partial charge in [-0.05, 0) is 56.0 Å². The van der Waals surface area contributed by atoms with Crippen molar-refractivity contribution in [1.29, 1.82) is 0 Å². The summed E-state index contributed by atoms with van der Waals surface area (Å²) in [6.45, 7) is 10.2. The molecule has 3 heterocycles. The number of nitrogens with zero attached hydrogens (tertiary/aromatic N) is 3. The lowest BCUT2D eigenvalue weighted by atomic mass is 10.0. The Balaban J connectivity index is 2.15. The molecule has 0 saturated heterocycles. The summed E-state index contributed by atoms with van der Waals surface area (Å²) >= 11 is 0. The molecule has 4 nitrogen and oxygen atoms in total. The Labute approximate surface area is 160 Å². The van der Waals surface area contributed by atoms with Crippen molar-refractivity contribution in [2.75, 3.05) is 20.4 Å². The standard InChI is InChI=1S/C22H28FN3O/c1-13(2)19-8-7-18(16(5)24-19)21-14(3)9-20-22(25-21)15(4)11-26(20)17(10-23)12-27-6/h7-9,11,13,17H,10,12H2,1-6H3. The maximum Gasteiger partial charge on any atom is 0.112 e. The maximum atomic E-state index is 13.5. The van der Waals surface area contributed by atoms with Gasteiger partial charge in [-0.1, -0.05) is 13.8 Å². The number of hydrogen-bond donors (Lipinski definition) is 0. The van der Waals surface area contributed by atoms with Crippen molar-refractivity contribution < 1.29 is 9.13 Å². The van der Waals surface area contributed by atoms with Crippen molar-refractivity contribution in [1.82, 2.24) is 14.5 Å². The van der Waals surface area contributed by atoms with E-state index in [-0.39, 0.29) is 6.04 Å². The first-order valence-corrected chi connectivity index (χ1v) is 9.39. The van der Waals surface area contributed by atoms with Gasteiger partial charge in [0.05, 0.1) is 29.4 Å². The van der Waals surface area contributed by atoms with Gasteiger partial charge in [0.1, 0.15) is 6.67 Å². The van der Waals surface area contributed by atoms with Crippen LogP contribution in [0.25, 0.3) is 22.3 Å². The van der Waals surface area contributed by atoms with E-state index in [2.05, 4.69) is 32.0 Å². The SMILES string of the molecule is COCC(CF)n1cc(C)c2nc(-c3ccc(C(C)C)nc3C)c(C)cc21. The predicted molar refractivity (Wildman–Crippen MR) is 108 cm³/mol. The lowest BCUT2D eigenvalue weighted by molar-refractivity contribution is 0.142. The van der Waals surface area contributed by atoms with E-state index in [1.54, 1.807) is 7.11 Å². The van der Waals surface area contributed by atoms with Crippen molar-refractivity contribution in [2.45, 2.75) is 46.6 Å². The van der Waals surface area contributed by atoms with Crippen LogP contribution in [-0.4, -0.2) is 34.9 Å². The van der Waals surface area contributed by atoms with Gasteiger partial charge in [0.15, 0.2) is 0 Å². The fraction of sp³-hybridized carbons (Fsp3) is 0.455. The van der Waals surface area contributed by atoms with Gasteiger partial charge in [0.2, 0.25) is 0 Å². The van der Waals surface area contributed by atoms with Crippen LogP contribution in [0.4, 0.5) is 4.39 Å². The van der Waals surface area contributed by atoms with Crippen molar-refractivity contribution in [3.8, 4) is 11.3 Å². The zero-order valence-electron chi connectivity index (χ0n) is 17.0. The monoisotopic (exact) mass is 369 g/mol. The molecule has 0 aromatic carbocycles. The van der Waals surface area contributed by atoms with E-state index in [0.717, 1.165) is 44.8 Å². The van der Waals surface area contributed by atoms with Crippen LogP contribution in [0.15, 0.2) is 24.4 Å². The molecule has 144 valence electrons. The van der Waals surface area contributed by atoms with Crippen LogP contribution in [0.3, 0.4) is 0 Å². The molecule has 0 aliphatic rings. The average molecular weight is 369 g/mol. The van der Waals surface area contributed by atoms with Crippen LogP contribution in [0.5, 0.6) is 0 Å². The van der Waals surface area contributed by atoms with E-state index in [9.17, 15) is 4.39 Å². The van der Waals surface area contributed by atoms with E-state index >= 15 is 0 Å². The molecular formula is C22H28FN3O. The number of halogens is 1. The normalized spacial score (nSPS) is 12.9. The third-order valence-electron chi connectivity index (χ3n) is 5.06. The molecular weight excluding hydrogens is 341 g/mol. The number of rotatable bonds is 6. The lowest BCUT2D eigenvalue weighted by Gasteiger charge is -2.16. The second kappa shape index (κ2) is 7.77. The van der Waals surface area contributed by atoms with Crippen molar-refractivity contribution in [3.63, 3.8) is 0 Å². The third kappa shape index (κ3) is 3.61. The van der Waals surface area contributed by atoms with E-state index in [1.807, 2.05) is 31.5 Å². The Bertz CT molecular complexity index is 962. The molecule has 0 bridgehead atoms. The average Bonchev–Trinajstić information content (AvgIpc) is 2.94. The van der Waals surface area contributed by atoms with E-state index < -0.39 is 6.67 Å². The minimum absolute atomic E-state index is 0.334. The number of pyridine rings is 2. The quantitative estimate of drug-likeness (QED) is 0.592. The molecule has 1 atom stereocenters. The molecule has 0 aliphatic carbocycles. The Hall–Kier alpha value is -2.27. The molecule has 0 fully saturated rings. The van der Waals surface area contributed by atoms with Crippen molar-refractivity contribution in [2.24, 2.45) is 0 Å². The van der Waals surface area contributed by atoms with E-state index in [4.69, 9.17) is 14.7 Å². The Morgan fingerprint density at radius 1 is 1.11 bits per heavy atom. The van der Waals surface area contributed by atoms with Gasteiger partial charge in [-0.2, -0.15) is 0 Å². The van der Waals surface area contributed by atoms with Crippen LogP contribution in [0, 0.1) is 20.8 Å². The number of aryl methyl sites for hydroxylation is 3. The molecule has 27 heavy (non-hydrogen) atoms. The third-order valence-corrected chi connectivity index (χ3v) is 5.06. The lowest BCUT2D eigenvalue weighted by Crippen LogP contribution is -2.15. The Morgan fingerprint density at radius 2 is 1.85 bits per heavy atom. The maximum absolute atomic E-state index is 13.5. The summed E-state index contributed by atoms with van der Waals surface area (Å²) in [7, 11) is 1.60. The van der Waals surface area contributed by atoms with Gasteiger partial charge >= 0.3 is 0 Å². The minimum atomic E-state index is -0.475. The van der Waals surface area contributed by atoms with E-state index in [1.165, 1.54) is 0 Å². The molecule has 0 N–H and O–H groups in total.